The maximum atomic E-state index is 13.5. The predicted molar refractivity (Wildman–Crippen MR) is 95.8 cm³/mol. The Morgan fingerprint density at radius 3 is 2.32 bits per heavy atom. The average Bonchev–Trinajstić information content (AvgIpc) is 2.66. The molecule has 2 aromatic rings. The second-order valence-corrected chi connectivity index (χ2v) is 7.86. The number of hydrazine groups is 1. The van der Waals surface area contributed by atoms with Crippen LogP contribution in [0.2, 0.25) is 0 Å². The molecular weight excluding hydrogens is 394 g/mol. The standard InChI is InChI=1S/C18H18F2N2O5S/c1-12(27-16-5-3-2-4-15(16)20)18(24)22-21-17(23)10-11-28(25,26)14-8-6-13(19)7-9-14/h2-9,12H,10-11H2,1H3,(H,21,23)(H,22,24)/t12-/m0/s1. The fourth-order valence-corrected chi connectivity index (χ4v) is 3.31. The van der Waals surface area contributed by atoms with Crippen LogP contribution in [0.3, 0.4) is 0 Å². The van der Waals surface area contributed by atoms with Crippen LogP contribution >= 0.6 is 0 Å². The molecule has 0 bridgehead atoms. The Kier molecular flexibility index (Phi) is 7.05. The quantitative estimate of drug-likeness (QED) is 0.533. The van der Waals surface area contributed by atoms with Crippen molar-refractivity contribution in [2.45, 2.75) is 24.3 Å². The van der Waals surface area contributed by atoms with Crippen molar-refractivity contribution >= 4 is 21.7 Å². The van der Waals surface area contributed by atoms with E-state index in [1.165, 1.54) is 31.2 Å². The van der Waals surface area contributed by atoms with Gasteiger partial charge in [-0.05, 0) is 43.3 Å². The summed E-state index contributed by atoms with van der Waals surface area (Å²) in [5, 5.41) is 0. The zero-order valence-electron chi connectivity index (χ0n) is 14.8. The van der Waals surface area contributed by atoms with E-state index in [2.05, 4.69) is 10.9 Å². The highest BCUT2D eigenvalue weighted by Gasteiger charge is 2.19. The van der Waals surface area contributed by atoms with Gasteiger partial charge in [0.1, 0.15) is 5.82 Å². The Hall–Kier alpha value is -3.01. The molecule has 0 unspecified atom stereocenters. The van der Waals surface area contributed by atoms with Crippen molar-refractivity contribution in [3.05, 3.63) is 60.2 Å². The van der Waals surface area contributed by atoms with Gasteiger partial charge in [-0.2, -0.15) is 0 Å². The molecule has 2 N–H and O–H groups in total. The fraction of sp³-hybridized carbons (Fsp3) is 0.222. The molecule has 0 saturated heterocycles. The third-order valence-electron chi connectivity index (χ3n) is 3.61. The number of carbonyl (C=O) groups excluding carboxylic acids is 2. The molecule has 0 radical (unpaired) electrons. The van der Waals surface area contributed by atoms with Gasteiger partial charge in [0, 0.05) is 6.42 Å². The van der Waals surface area contributed by atoms with Gasteiger partial charge in [-0.15, -0.1) is 0 Å². The van der Waals surface area contributed by atoms with Gasteiger partial charge in [0.25, 0.3) is 5.91 Å². The molecular formula is C18H18F2N2O5S. The van der Waals surface area contributed by atoms with Crippen LogP contribution in [0.4, 0.5) is 8.78 Å². The van der Waals surface area contributed by atoms with Crippen molar-refractivity contribution < 1.29 is 31.5 Å². The molecule has 2 rings (SSSR count). The second-order valence-electron chi connectivity index (χ2n) is 5.75. The maximum Gasteiger partial charge on any atom is 0.279 e. The smallest absolute Gasteiger partial charge is 0.279 e. The van der Waals surface area contributed by atoms with Crippen LogP contribution in [-0.2, 0) is 19.4 Å². The minimum absolute atomic E-state index is 0.113. The van der Waals surface area contributed by atoms with Crippen molar-refractivity contribution in [1.29, 1.82) is 0 Å². The lowest BCUT2D eigenvalue weighted by Gasteiger charge is -2.15. The van der Waals surface area contributed by atoms with Crippen LogP contribution < -0.4 is 15.6 Å². The summed E-state index contributed by atoms with van der Waals surface area (Å²) in [7, 11) is -3.78. The van der Waals surface area contributed by atoms with Crippen LogP contribution in [0.15, 0.2) is 53.4 Å². The first-order chi connectivity index (χ1) is 13.2. The predicted octanol–water partition coefficient (Wildman–Crippen LogP) is 1.74. The van der Waals surface area contributed by atoms with E-state index in [1.54, 1.807) is 0 Å². The number of halogens is 2. The number of rotatable bonds is 7. The number of sulfone groups is 1. The SMILES string of the molecule is C[C@H](Oc1ccccc1F)C(=O)NNC(=O)CCS(=O)(=O)c1ccc(F)cc1. The molecule has 150 valence electrons. The van der Waals surface area contributed by atoms with Crippen LogP contribution in [0.25, 0.3) is 0 Å². The van der Waals surface area contributed by atoms with Gasteiger partial charge < -0.3 is 4.74 Å². The molecule has 0 spiro atoms. The fourth-order valence-electron chi connectivity index (χ4n) is 2.07. The summed E-state index contributed by atoms with van der Waals surface area (Å²) < 4.78 is 55.7. The molecule has 0 aliphatic carbocycles. The van der Waals surface area contributed by atoms with E-state index in [-0.39, 0.29) is 10.6 Å². The van der Waals surface area contributed by atoms with Gasteiger partial charge in [0.05, 0.1) is 10.6 Å². The van der Waals surface area contributed by atoms with Crippen LogP contribution in [0, 0.1) is 11.6 Å². The molecule has 0 aliphatic rings. The Balaban J connectivity index is 1.80. The van der Waals surface area contributed by atoms with E-state index < -0.39 is 51.6 Å². The van der Waals surface area contributed by atoms with Crippen LogP contribution in [0.5, 0.6) is 5.75 Å². The van der Waals surface area contributed by atoms with Crippen molar-refractivity contribution in [1.82, 2.24) is 10.9 Å². The number of nitrogens with one attached hydrogen (secondary N) is 2. The minimum Gasteiger partial charge on any atom is -0.478 e. The highest BCUT2D eigenvalue weighted by atomic mass is 32.2. The Labute approximate surface area is 160 Å². The van der Waals surface area contributed by atoms with Crippen LogP contribution in [-0.4, -0.2) is 32.1 Å². The largest absolute Gasteiger partial charge is 0.478 e. The highest BCUT2D eigenvalue weighted by molar-refractivity contribution is 7.91. The van der Waals surface area contributed by atoms with E-state index in [4.69, 9.17) is 4.74 Å². The van der Waals surface area contributed by atoms with E-state index in [0.717, 1.165) is 24.3 Å². The highest BCUT2D eigenvalue weighted by Crippen LogP contribution is 2.17. The van der Waals surface area contributed by atoms with Crippen molar-refractivity contribution in [3.8, 4) is 5.75 Å². The number of carbonyl (C=O) groups is 2. The number of hydrogen-bond acceptors (Lipinski definition) is 5. The molecule has 10 heteroatoms. The minimum atomic E-state index is -3.78. The summed E-state index contributed by atoms with van der Waals surface area (Å²) in [5.74, 6) is -3.37. The van der Waals surface area contributed by atoms with Gasteiger partial charge in [0.2, 0.25) is 5.91 Å². The molecule has 28 heavy (non-hydrogen) atoms. The molecule has 1 atom stereocenters. The van der Waals surface area contributed by atoms with Gasteiger partial charge in [-0.3, -0.25) is 20.4 Å². The Morgan fingerprint density at radius 1 is 1.04 bits per heavy atom. The Morgan fingerprint density at radius 2 is 1.68 bits per heavy atom. The lowest BCUT2D eigenvalue weighted by molar-refractivity contribution is -0.132. The van der Waals surface area contributed by atoms with Gasteiger partial charge in [-0.1, -0.05) is 12.1 Å². The Bertz CT molecular complexity index is 949. The number of para-hydroxylation sites is 1. The lowest BCUT2D eigenvalue weighted by Crippen LogP contribution is -2.47. The van der Waals surface area contributed by atoms with Gasteiger partial charge >= 0.3 is 0 Å². The summed E-state index contributed by atoms with van der Waals surface area (Å²) in [5.41, 5.74) is 4.14. The van der Waals surface area contributed by atoms with Crippen molar-refractivity contribution in [3.63, 3.8) is 0 Å². The second kappa shape index (κ2) is 9.27. The number of hydrogen-bond donors (Lipinski definition) is 2. The molecule has 0 aliphatic heterocycles. The summed E-state index contributed by atoms with van der Waals surface area (Å²) in [6.07, 6.45) is -1.54. The first-order valence-electron chi connectivity index (χ1n) is 8.17. The molecule has 7 nitrogen and oxygen atoms in total. The molecule has 2 amide bonds. The van der Waals surface area contributed by atoms with Crippen molar-refractivity contribution in [2.24, 2.45) is 0 Å². The van der Waals surface area contributed by atoms with E-state index in [1.807, 2.05) is 0 Å². The molecule has 2 aromatic carbocycles. The summed E-state index contributed by atoms with van der Waals surface area (Å²) in [4.78, 5) is 23.5. The third-order valence-corrected chi connectivity index (χ3v) is 5.34. The van der Waals surface area contributed by atoms with Crippen molar-refractivity contribution in [2.75, 3.05) is 5.75 Å². The first kappa shape index (κ1) is 21.3. The number of amides is 2. The van der Waals surface area contributed by atoms with E-state index >= 15 is 0 Å². The van der Waals surface area contributed by atoms with Gasteiger partial charge in [0.15, 0.2) is 27.5 Å². The monoisotopic (exact) mass is 412 g/mol. The molecule has 0 fully saturated rings. The zero-order valence-corrected chi connectivity index (χ0v) is 15.6. The summed E-state index contributed by atoms with van der Waals surface area (Å²) >= 11 is 0. The molecule has 0 aromatic heterocycles. The summed E-state index contributed by atoms with van der Waals surface area (Å²) in [6.45, 7) is 1.35. The topological polar surface area (TPSA) is 102 Å². The lowest BCUT2D eigenvalue weighted by atomic mass is 10.3. The number of ether oxygens (including phenoxy) is 1. The maximum absolute atomic E-state index is 13.5. The third kappa shape index (κ3) is 6.02. The van der Waals surface area contributed by atoms with E-state index in [0.29, 0.717) is 0 Å². The molecule has 0 heterocycles. The number of benzene rings is 2. The van der Waals surface area contributed by atoms with E-state index in [9.17, 15) is 26.8 Å². The molecule has 0 saturated carbocycles. The first-order valence-corrected chi connectivity index (χ1v) is 9.82. The average molecular weight is 412 g/mol. The zero-order chi connectivity index (χ0) is 20.7. The summed E-state index contributed by atoms with van der Waals surface area (Å²) in [6, 6.07) is 9.73. The van der Waals surface area contributed by atoms with Crippen LogP contribution in [0.1, 0.15) is 13.3 Å². The normalized spacial score (nSPS) is 12.1. The van der Waals surface area contributed by atoms with Gasteiger partial charge in [-0.25, -0.2) is 17.2 Å².